The molecule has 0 atom stereocenters. The highest BCUT2D eigenvalue weighted by Gasteiger charge is 2.24. The average molecular weight is 437 g/mol. The smallest absolute Gasteiger partial charge is 0.242 e. The van der Waals surface area contributed by atoms with Gasteiger partial charge in [-0.25, -0.2) is 0 Å². The first-order valence-electron chi connectivity index (χ1n) is 11.2. The lowest BCUT2D eigenvalue weighted by Gasteiger charge is -2.38. The molecule has 0 aromatic heterocycles. The van der Waals surface area contributed by atoms with Crippen LogP contribution in [0.1, 0.15) is 0 Å². The molecule has 0 bridgehead atoms. The number of rotatable bonds is 4. The number of carbonyl (C=O) groups is 1. The van der Waals surface area contributed by atoms with Crippen LogP contribution < -0.4 is 15.1 Å². The number of hydrogen-bond donors (Lipinski definition) is 2. The quantitative estimate of drug-likeness (QED) is 0.558. The minimum atomic E-state index is 0.103. The van der Waals surface area contributed by atoms with Crippen molar-refractivity contribution in [1.82, 2.24) is 15.1 Å². The molecule has 2 aromatic rings. The van der Waals surface area contributed by atoms with Crippen LogP contribution >= 0.6 is 0 Å². The first-order chi connectivity index (χ1) is 15.7. The predicted molar refractivity (Wildman–Crippen MR) is 128 cm³/mol. The summed E-state index contributed by atoms with van der Waals surface area (Å²) in [5, 5.41) is 13.3. The second-order valence-corrected chi connectivity index (χ2v) is 8.07. The normalized spacial score (nSPS) is 17.5. The van der Waals surface area contributed by atoms with Crippen molar-refractivity contribution in [2.45, 2.75) is 0 Å². The van der Waals surface area contributed by atoms with Gasteiger partial charge >= 0.3 is 0 Å². The van der Waals surface area contributed by atoms with Crippen LogP contribution in [0.2, 0.25) is 0 Å². The van der Waals surface area contributed by atoms with Gasteiger partial charge < -0.3 is 30.0 Å². The molecule has 2 saturated heterocycles. The number of benzene rings is 2. The summed E-state index contributed by atoms with van der Waals surface area (Å²) in [7, 11) is 1.75. The van der Waals surface area contributed by atoms with Crippen LogP contribution in [0.25, 0.3) is 0 Å². The number of guanidine groups is 1. The number of carbonyl (C=O) groups excluding carboxylic acids is 1. The van der Waals surface area contributed by atoms with Crippen molar-refractivity contribution in [1.29, 1.82) is 0 Å². The Morgan fingerprint density at radius 3 is 2.09 bits per heavy atom. The molecule has 1 amide bonds. The molecular weight excluding hydrogens is 404 g/mol. The van der Waals surface area contributed by atoms with E-state index in [0.717, 1.165) is 64.0 Å². The van der Waals surface area contributed by atoms with Gasteiger partial charge in [-0.05, 0) is 24.3 Å². The van der Waals surface area contributed by atoms with Crippen molar-refractivity contribution in [3.05, 3.63) is 54.6 Å². The van der Waals surface area contributed by atoms with Gasteiger partial charge in [-0.15, -0.1) is 0 Å². The fraction of sp³-hybridized carbons (Fsp3) is 0.417. The molecule has 170 valence electrons. The summed E-state index contributed by atoms with van der Waals surface area (Å²) in [6.45, 7) is 6.52. The highest BCUT2D eigenvalue weighted by molar-refractivity contribution is 5.86. The number of hydrogen-bond acceptors (Lipinski definition) is 5. The number of piperazine rings is 2. The van der Waals surface area contributed by atoms with Gasteiger partial charge in [0, 0.05) is 65.1 Å². The molecule has 2 N–H and O–H groups in total. The topological polar surface area (TPSA) is 74.7 Å². The summed E-state index contributed by atoms with van der Waals surface area (Å²) in [4.78, 5) is 25.7. The molecule has 2 fully saturated rings. The zero-order valence-electron chi connectivity index (χ0n) is 18.7. The third-order valence-electron chi connectivity index (χ3n) is 6.16. The van der Waals surface area contributed by atoms with Gasteiger partial charge in [0.2, 0.25) is 5.91 Å². The minimum Gasteiger partial charge on any atom is -0.506 e. The molecule has 32 heavy (non-hydrogen) atoms. The third-order valence-corrected chi connectivity index (χ3v) is 6.16. The molecule has 8 nitrogen and oxygen atoms in total. The van der Waals surface area contributed by atoms with Crippen molar-refractivity contribution in [2.75, 3.05) is 75.8 Å². The lowest BCUT2D eigenvalue weighted by atomic mass is 10.2. The summed E-state index contributed by atoms with van der Waals surface area (Å²) in [6, 6.07) is 17.8. The van der Waals surface area contributed by atoms with Gasteiger partial charge in [0.05, 0.1) is 12.2 Å². The largest absolute Gasteiger partial charge is 0.506 e. The molecule has 0 aliphatic carbocycles. The lowest BCUT2D eigenvalue weighted by molar-refractivity contribution is -0.130. The second kappa shape index (κ2) is 10.3. The molecule has 2 aliphatic rings. The fourth-order valence-corrected chi connectivity index (χ4v) is 4.34. The highest BCUT2D eigenvalue weighted by atomic mass is 16.3. The maximum Gasteiger partial charge on any atom is 0.242 e. The Morgan fingerprint density at radius 1 is 0.844 bits per heavy atom. The van der Waals surface area contributed by atoms with Crippen LogP contribution in [0.5, 0.6) is 5.75 Å². The van der Waals surface area contributed by atoms with Crippen molar-refractivity contribution in [3.63, 3.8) is 0 Å². The Morgan fingerprint density at radius 2 is 1.44 bits per heavy atom. The van der Waals surface area contributed by atoms with E-state index in [2.05, 4.69) is 37.1 Å². The molecule has 2 aliphatic heterocycles. The number of para-hydroxylation sites is 3. The van der Waals surface area contributed by atoms with Gasteiger partial charge in [0.25, 0.3) is 0 Å². The zero-order valence-corrected chi connectivity index (χ0v) is 18.7. The van der Waals surface area contributed by atoms with Gasteiger partial charge in [0.15, 0.2) is 5.96 Å². The summed E-state index contributed by atoms with van der Waals surface area (Å²) >= 11 is 0. The van der Waals surface area contributed by atoms with E-state index < -0.39 is 0 Å². The van der Waals surface area contributed by atoms with Crippen LogP contribution in [0.3, 0.4) is 0 Å². The monoisotopic (exact) mass is 436 g/mol. The van der Waals surface area contributed by atoms with E-state index in [1.165, 1.54) is 5.69 Å². The first-order valence-corrected chi connectivity index (χ1v) is 11.2. The van der Waals surface area contributed by atoms with Gasteiger partial charge in [-0.1, -0.05) is 30.3 Å². The highest BCUT2D eigenvalue weighted by Crippen LogP contribution is 2.27. The number of aliphatic imine (C=N–C) groups is 1. The minimum absolute atomic E-state index is 0.103. The average Bonchev–Trinajstić information content (AvgIpc) is 2.86. The predicted octanol–water partition coefficient (Wildman–Crippen LogP) is 1.44. The second-order valence-electron chi connectivity index (χ2n) is 8.07. The van der Waals surface area contributed by atoms with Crippen LogP contribution in [0.4, 0.5) is 11.4 Å². The summed E-state index contributed by atoms with van der Waals surface area (Å²) < 4.78 is 0. The summed E-state index contributed by atoms with van der Waals surface area (Å²) in [5.41, 5.74) is 2.07. The van der Waals surface area contributed by atoms with E-state index in [1.54, 1.807) is 13.1 Å². The molecule has 8 heteroatoms. The van der Waals surface area contributed by atoms with E-state index in [1.807, 2.05) is 41.3 Å². The first kappa shape index (κ1) is 21.8. The molecule has 0 unspecified atom stereocenters. The Labute approximate surface area is 189 Å². The zero-order chi connectivity index (χ0) is 22.3. The van der Waals surface area contributed by atoms with Crippen molar-refractivity contribution >= 4 is 23.2 Å². The van der Waals surface area contributed by atoms with Gasteiger partial charge in [0.1, 0.15) is 5.75 Å². The Hall–Kier alpha value is -3.42. The molecule has 2 heterocycles. The molecule has 0 radical (unpaired) electrons. The van der Waals surface area contributed by atoms with E-state index in [0.29, 0.717) is 5.75 Å². The summed E-state index contributed by atoms with van der Waals surface area (Å²) in [6.07, 6.45) is 0. The van der Waals surface area contributed by atoms with Gasteiger partial charge in [-0.2, -0.15) is 0 Å². The molecular formula is C24H32N6O2. The standard InChI is InChI=1S/C24H32N6O2/c1-25-24(30-17-13-28(14-18-30)21-9-5-6-10-22(21)31)26-19-23(32)29-15-11-27(12-16-29)20-7-3-2-4-8-20/h2-10,31H,11-19H2,1H3,(H,25,26). The van der Waals surface area contributed by atoms with Crippen LogP contribution in [-0.2, 0) is 4.79 Å². The Kier molecular flexibility index (Phi) is 6.99. The van der Waals surface area contributed by atoms with Crippen LogP contribution in [0.15, 0.2) is 59.6 Å². The lowest BCUT2D eigenvalue weighted by Crippen LogP contribution is -2.55. The number of amides is 1. The summed E-state index contributed by atoms with van der Waals surface area (Å²) in [5.74, 6) is 1.16. The SMILES string of the molecule is CN=C(NCC(=O)N1CCN(c2ccccc2)CC1)N1CCN(c2ccccc2O)CC1. The van der Waals surface area contributed by atoms with E-state index in [4.69, 9.17) is 0 Å². The van der Waals surface area contributed by atoms with Crippen molar-refractivity contribution in [2.24, 2.45) is 4.99 Å². The van der Waals surface area contributed by atoms with Crippen LogP contribution in [0, 0.1) is 0 Å². The van der Waals surface area contributed by atoms with E-state index in [-0.39, 0.29) is 12.5 Å². The fourth-order valence-electron chi connectivity index (χ4n) is 4.34. The van der Waals surface area contributed by atoms with E-state index >= 15 is 0 Å². The maximum atomic E-state index is 12.8. The van der Waals surface area contributed by atoms with Crippen molar-refractivity contribution in [3.8, 4) is 5.75 Å². The number of phenols is 1. The Balaban J connectivity index is 1.23. The Bertz CT molecular complexity index is 919. The van der Waals surface area contributed by atoms with Gasteiger partial charge in [-0.3, -0.25) is 9.79 Å². The molecule has 2 aromatic carbocycles. The van der Waals surface area contributed by atoms with Crippen molar-refractivity contribution < 1.29 is 9.90 Å². The number of nitrogens with zero attached hydrogens (tertiary/aromatic N) is 5. The number of phenolic OH excluding ortho intramolecular Hbond substituents is 1. The number of aromatic hydroxyl groups is 1. The van der Waals surface area contributed by atoms with Crippen LogP contribution in [-0.4, -0.2) is 92.7 Å². The number of nitrogens with one attached hydrogen (secondary N) is 1. The molecule has 0 spiro atoms. The molecule has 4 rings (SSSR count). The third kappa shape index (κ3) is 5.07. The molecule has 0 saturated carbocycles. The number of anilines is 2. The van der Waals surface area contributed by atoms with E-state index in [9.17, 15) is 9.90 Å². The maximum absolute atomic E-state index is 12.8.